The fraction of sp³-hybridized carbons (Fsp3) is 0.571. The molecule has 3 atom stereocenters. The number of hydrogen-bond donors (Lipinski definition) is 4. The Bertz CT molecular complexity index is 865. The number of nitrogens with zero attached hydrogens (tertiary/aromatic N) is 1. The molecule has 9 nitrogen and oxygen atoms in total. The van der Waals surface area contributed by atoms with Crippen molar-refractivity contribution in [3.05, 3.63) is 35.4 Å². The molecule has 10 heteroatoms. The van der Waals surface area contributed by atoms with Gasteiger partial charge in [-0.1, -0.05) is 39.3 Å². The Kier molecular flexibility index (Phi) is 11.2. The van der Waals surface area contributed by atoms with Gasteiger partial charge in [-0.05, 0) is 37.1 Å². The van der Waals surface area contributed by atoms with Crippen molar-refractivity contribution in [1.82, 2.24) is 20.7 Å². The molecule has 0 aliphatic rings. The van der Waals surface area contributed by atoms with Crippen LogP contribution in [0, 0.1) is 17.2 Å². The average Bonchev–Trinajstić information content (AvgIpc) is 2.75. The number of carbonyl (C=O) groups excluding carboxylic acids is 2. The van der Waals surface area contributed by atoms with Crippen LogP contribution in [0.15, 0.2) is 24.3 Å². The number of nitriles is 1. The highest BCUT2D eigenvalue weighted by molar-refractivity contribution is 7.89. The second-order valence-corrected chi connectivity index (χ2v) is 9.32. The molecule has 1 unspecified atom stereocenters. The first-order chi connectivity index (χ1) is 14.7. The van der Waals surface area contributed by atoms with Crippen molar-refractivity contribution in [1.29, 1.82) is 5.26 Å². The molecular formula is C21H33N5O4S. The van der Waals surface area contributed by atoms with Gasteiger partial charge in [0.05, 0.1) is 17.4 Å². The van der Waals surface area contributed by atoms with Crippen LogP contribution in [0.25, 0.3) is 0 Å². The van der Waals surface area contributed by atoms with E-state index in [9.17, 15) is 18.0 Å². The lowest BCUT2D eigenvalue weighted by atomic mass is 9.99. The SMILES string of the molecule is CCCS(=O)(=O)N[C@@H](C(=O)N[C@@H](CNC)C(=O)NCc1ccc(C#N)cc1)C(C)CC. The minimum atomic E-state index is -3.60. The van der Waals surface area contributed by atoms with Crippen molar-refractivity contribution in [3.63, 3.8) is 0 Å². The monoisotopic (exact) mass is 451 g/mol. The van der Waals surface area contributed by atoms with Gasteiger partial charge in [-0.3, -0.25) is 9.59 Å². The molecular weight excluding hydrogens is 418 g/mol. The minimum Gasteiger partial charge on any atom is -0.350 e. The van der Waals surface area contributed by atoms with Gasteiger partial charge in [0.2, 0.25) is 21.8 Å². The number of hydrogen-bond acceptors (Lipinski definition) is 6. The van der Waals surface area contributed by atoms with Crippen molar-refractivity contribution in [2.45, 2.75) is 52.2 Å². The summed E-state index contributed by atoms with van der Waals surface area (Å²) in [5.41, 5.74) is 1.34. The number of benzene rings is 1. The Hall–Kier alpha value is -2.48. The number of carbonyl (C=O) groups is 2. The molecule has 1 aromatic rings. The summed E-state index contributed by atoms with van der Waals surface area (Å²) in [5.74, 6) is -1.25. The van der Waals surface area contributed by atoms with Gasteiger partial charge in [0.15, 0.2) is 0 Å². The summed E-state index contributed by atoms with van der Waals surface area (Å²) in [6.45, 7) is 5.82. The summed E-state index contributed by atoms with van der Waals surface area (Å²) in [7, 11) is -1.95. The van der Waals surface area contributed by atoms with E-state index in [1.807, 2.05) is 13.0 Å². The van der Waals surface area contributed by atoms with Crippen molar-refractivity contribution < 1.29 is 18.0 Å². The van der Waals surface area contributed by atoms with Crippen molar-refractivity contribution in [3.8, 4) is 6.07 Å². The summed E-state index contributed by atoms with van der Waals surface area (Å²) in [6, 6.07) is 6.99. The third-order valence-corrected chi connectivity index (χ3v) is 6.42. The second kappa shape index (κ2) is 13.0. The standard InChI is InChI=1S/C21H33N5O4S/c1-5-11-31(29,30)26-19(15(3)6-2)21(28)25-18(14-23-4)20(27)24-13-17-9-7-16(12-22)8-10-17/h7-10,15,18-19,23,26H,5-6,11,13-14H2,1-4H3,(H,24,27)(H,25,28)/t15?,18-,19+/m0/s1. The summed E-state index contributed by atoms with van der Waals surface area (Å²) in [5, 5.41) is 17.2. The molecule has 1 aromatic carbocycles. The van der Waals surface area contributed by atoms with E-state index in [1.165, 1.54) is 0 Å². The van der Waals surface area contributed by atoms with E-state index in [0.717, 1.165) is 5.56 Å². The van der Waals surface area contributed by atoms with Crippen LogP contribution < -0.4 is 20.7 Å². The van der Waals surface area contributed by atoms with Crippen LogP contribution in [-0.2, 0) is 26.2 Å². The van der Waals surface area contributed by atoms with Gasteiger partial charge in [-0.15, -0.1) is 0 Å². The molecule has 172 valence electrons. The third kappa shape index (κ3) is 9.04. The quantitative estimate of drug-likeness (QED) is 0.347. The van der Waals surface area contributed by atoms with E-state index >= 15 is 0 Å². The number of rotatable bonds is 13. The maximum Gasteiger partial charge on any atom is 0.244 e. The molecule has 31 heavy (non-hydrogen) atoms. The van der Waals surface area contributed by atoms with Gasteiger partial charge in [-0.2, -0.15) is 5.26 Å². The number of amides is 2. The lowest BCUT2D eigenvalue weighted by Gasteiger charge is -2.26. The van der Waals surface area contributed by atoms with Crippen LogP contribution in [0.3, 0.4) is 0 Å². The maximum absolute atomic E-state index is 12.9. The van der Waals surface area contributed by atoms with E-state index in [0.29, 0.717) is 18.4 Å². The first-order valence-electron chi connectivity index (χ1n) is 10.4. The highest BCUT2D eigenvalue weighted by Gasteiger charge is 2.31. The molecule has 0 aliphatic carbocycles. The molecule has 0 fully saturated rings. The average molecular weight is 452 g/mol. The number of likely N-dealkylation sites (N-methyl/N-ethyl adjacent to an activating group) is 1. The van der Waals surface area contributed by atoms with Crippen LogP contribution in [0.1, 0.15) is 44.7 Å². The lowest BCUT2D eigenvalue weighted by molar-refractivity contribution is -0.130. The Morgan fingerprint density at radius 2 is 1.77 bits per heavy atom. The normalized spacial score (nSPS) is 14.2. The topological polar surface area (TPSA) is 140 Å². The Morgan fingerprint density at radius 3 is 2.29 bits per heavy atom. The van der Waals surface area contributed by atoms with Crippen LogP contribution in [0.4, 0.5) is 0 Å². The molecule has 0 heterocycles. The highest BCUT2D eigenvalue weighted by atomic mass is 32.2. The Labute approximate surface area is 185 Å². The maximum atomic E-state index is 12.9. The summed E-state index contributed by atoms with van der Waals surface area (Å²) in [6.07, 6.45) is 1.03. The van der Waals surface area contributed by atoms with E-state index < -0.39 is 33.9 Å². The minimum absolute atomic E-state index is 0.0712. The molecule has 0 bridgehead atoms. The molecule has 0 saturated carbocycles. The van der Waals surface area contributed by atoms with Gasteiger partial charge in [0, 0.05) is 13.1 Å². The van der Waals surface area contributed by atoms with E-state index in [4.69, 9.17) is 5.26 Å². The molecule has 0 saturated heterocycles. The van der Waals surface area contributed by atoms with E-state index in [2.05, 4.69) is 20.7 Å². The van der Waals surface area contributed by atoms with Gasteiger partial charge in [0.25, 0.3) is 0 Å². The van der Waals surface area contributed by atoms with Crippen LogP contribution in [0.5, 0.6) is 0 Å². The fourth-order valence-corrected chi connectivity index (χ4v) is 4.25. The zero-order valence-electron chi connectivity index (χ0n) is 18.6. The summed E-state index contributed by atoms with van der Waals surface area (Å²) < 4.78 is 26.9. The molecule has 0 aromatic heterocycles. The van der Waals surface area contributed by atoms with Crippen molar-refractivity contribution >= 4 is 21.8 Å². The van der Waals surface area contributed by atoms with Gasteiger partial charge < -0.3 is 16.0 Å². The smallest absolute Gasteiger partial charge is 0.244 e. The van der Waals surface area contributed by atoms with Gasteiger partial charge in [-0.25, -0.2) is 13.1 Å². The van der Waals surface area contributed by atoms with Crippen LogP contribution in [0.2, 0.25) is 0 Å². The molecule has 0 spiro atoms. The van der Waals surface area contributed by atoms with Crippen LogP contribution >= 0.6 is 0 Å². The fourth-order valence-electron chi connectivity index (χ4n) is 2.87. The molecule has 0 aliphatic heterocycles. The zero-order chi connectivity index (χ0) is 23.4. The molecule has 0 radical (unpaired) electrons. The second-order valence-electron chi connectivity index (χ2n) is 7.45. The first kappa shape index (κ1) is 26.6. The van der Waals surface area contributed by atoms with E-state index in [-0.39, 0.29) is 24.8 Å². The van der Waals surface area contributed by atoms with Gasteiger partial charge in [0.1, 0.15) is 12.1 Å². The zero-order valence-corrected chi connectivity index (χ0v) is 19.4. The van der Waals surface area contributed by atoms with Crippen molar-refractivity contribution in [2.75, 3.05) is 19.3 Å². The lowest BCUT2D eigenvalue weighted by Crippen LogP contribution is -2.57. The van der Waals surface area contributed by atoms with Gasteiger partial charge >= 0.3 is 0 Å². The number of nitrogens with one attached hydrogen (secondary N) is 4. The van der Waals surface area contributed by atoms with Crippen molar-refractivity contribution in [2.24, 2.45) is 5.92 Å². The van der Waals surface area contributed by atoms with Crippen LogP contribution in [-0.4, -0.2) is 51.7 Å². The Balaban J connectivity index is 2.85. The molecule has 2 amide bonds. The predicted octanol–water partition coefficient (Wildman–Crippen LogP) is 0.623. The molecule has 1 rings (SSSR count). The Morgan fingerprint density at radius 1 is 1.13 bits per heavy atom. The molecule has 4 N–H and O–H groups in total. The highest BCUT2D eigenvalue weighted by Crippen LogP contribution is 2.10. The predicted molar refractivity (Wildman–Crippen MR) is 119 cm³/mol. The summed E-state index contributed by atoms with van der Waals surface area (Å²) >= 11 is 0. The largest absolute Gasteiger partial charge is 0.350 e. The third-order valence-electron chi connectivity index (χ3n) is 4.87. The number of sulfonamides is 1. The first-order valence-corrected chi connectivity index (χ1v) is 12.0. The van der Waals surface area contributed by atoms with E-state index in [1.54, 1.807) is 45.2 Å². The summed E-state index contributed by atoms with van der Waals surface area (Å²) in [4.78, 5) is 25.5.